The molecule has 0 bridgehead atoms. The van der Waals surface area contributed by atoms with E-state index >= 15 is 0 Å². The zero-order valence-corrected chi connectivity index (χ0v) is 18.2. The van der Waals surface area contributed by atoms with Gasteiger partial charge in [0.15, 0.2) is 5.13 Å². The summed E-state index contributed by atoms with van der Waals surface area (Å²) in [7, 11) is 0. The van der Waals surface area contributed by atoms with Gasteiger partial charge in [0.1, 0.15) is 4.88 Å². The highest BCUT2D eigenvalue weighted by molar-refractivity contribution is 7.17. The van der Waals surface area contributed by atoms with Crippen molar-refractivity contribution in [1.82, 2.24) is 9.97 Å². The van der Waals surface area contributed by atoms with E-state index in [1.807, 2.05) is 61.5 Å². The van der Waals surface area contributed by atoms with Gasteiger partial charge < -0.3 is 4.74 Å². The highest BCUT2D eigenvalue weighted by Gasteiger charge is 2.22. The van der Waals surface area contributed by atoms with Crippen LogP contribution in [-0.4, -0.2) is 28.5 Å². The normalized spacial score (nSPS) is 10.8. The number of aryl methyl sites for hydroxylation is 1. The van der Waals surface area contributed by atoms with Gasteiger partial charge in [0.05, 0.1) is 29.1 Å². The van der Waals surface area contributed by atoms with Crippen LogP contribution in [0.2, 0.25) is 0 Å². The summed E-state index contributed by atoms with van der Waals surface area (Å²) in [4.78, 5) is 35.0. The van der Waals surface area contributed by atoms with Gasteiger partial charge in [0.2, 0.25) is 0 Å². The van der Waals surface area contributed by atoms with Crippen LogP contribution in [0.4, 0.5) is 5.13 Å². The maximum atomic E-state index is 13.4. The second kappa shape index (κ2) is 8.65. The summed E-state index contributed by atoms with van der Waals surface area (Å²) in [6.45, 7) is 5.65. The van der Waals surface area contributed by atoms with Gasteiger partial charge in [-0.2, -0.15) is 0 Å². The van der Waals surface area contributed by atoms with Crippen molar-refractivity contribution in [3.8, 4) is 11.3 Å². The minimum Gasteiger partial charge on any atom is -0.462 e. The lowest BCUT2D eigenvalue weighted by molar-refractivity contribution is 0.0531. The van der Waals surface area contributed by atoms with E-state index in [1.165, 1.54) is 0 Å². The number of carbonyl (C=O) groups excluding carboxylic acids is 2. The Bertz CT molecular complexity index is 1280. The van der Waals surface area contributed by atoms with E-state index in [4.69, 9.17) is 9.72 Å². The maximum absolute atomic E-state index is 13.4. The fourth-order valence-corrected chi connectivity index (χ4v) is 4.33. The molecule has 0 saturated carbocycles. The molecule has 2 heterocycles. The van der Waals surface area contributed by atoms with Crippen LogP contribution in [0.1, 0.15) is 38.2 Å². The van der Waals surface area contributed by atoms with Crippen molar-refractivity contribution in [3.05, 3.63) is 76.3 Å². The number of nitrogens with one attached hydrogen (secondary N) is 1. The zero-order valence-electron chi connectivity index (χ0n) is 17.4. The van der Waals surface area contributed by atoms with Crippen LogP contribution >= 0.6 is 11.3 Å². The number of thiazole rings is 1. The fraction of sp³-hybridized carbons (Fsp3) is 0.167. The molecule has 0 unspecified atom stereocenters. The van der Waals surface area contributed by atoms with Gasteiger partial charge >= 0.3 is 5.97 Å². The van der Waals surface area contributed by atoms with Crippen molar-refractivity contribution >= 4 is 39.2 Å². The van der Waals surface area contributed by atoms with E-state index in [1.54, 1.807) is 13.8 Å². The van der Waals surface area contributed by atoms with Gasteiger partial charge in [0.25, 0.3) is 5.91 Å². The lowest BCUT2D eigenvalue weighted by Gasteiger charge is -2.14. The fourth-order valence-electron chi connectivity index (χ4n) is 3.47. The Kier molecular flexibility index (Phi) is 5.77. The Morgan fingerprint density at radius 3 is 2.45 bits per heavy atom. The second-order valence-corrected chi connectivity index (χ2v) is 7.95. The van der Waals surface area contributed by atoms with Gasteiger partial charge in [-0.25, -0.2) is 14.8 Å². The molecule has 156 valence electrons. The van der Waals surface area contributed by atoms with E-state index < -0.39 is 5.97 Å². The number of aromatic nitrogens is 2. The average molecular weight is 432 g/mol. The predicted molar refractivity (Wildman–Crippen MR) is 123 cm³/mol. The first-order valence-corrected chi connectivity index (χ1v) is 10.7. The topological polar surface area (TPSA) is 81.2 Å². The third-order valence-corrected chi connectivity index (χ3v) is 5.94. The smallest absolute Gasteiger partial charge is 0.350 e. The minimum atomic E-state index is -0.435. The van der Waals surface area contributed by atoms with Gasteiger partial charge in [-0.15, -0.1) is 0 Å². The van der Waals surface area contributed by atoms with Crippen molar-refractivity contribution in [3.63, 3.8) is 0 Å². The van der Waals surface area contributed by atoms with Crippen LogP contribution in [0.5, 0.6) is 0 Å². The van der Waals surface area contributed by atoms with Crippen LogP contribution in [0.3, 0.4) is 0 Å². The molecule has 0 fully saturated rings. The number of anilines is 1. The molecule has 0 aliphatic rings. The Labute approximate surface area is 183 Å². The highest BCUT2D eigenvalue weighted by atomic mass is 32.1. The number of pyridine rings is 1. The number of hydrogen-bond acceptors (Lipinski definition) is 6. The summed E-state index contributed by atoms with van der Waals surface area (Å²) in [5, 5.41) is 3.98. The highest BCUT2D eigenvalue weighted by Crippen LogP contribution is 2.31. The molecule has 2 aromatic heterocycles. The molecule has 0 atom stereocenters. The van der Waals surface area contributed by atoms with E-state index in [0.29, 0.717) is 21.3 Å². The van der Waals surface area contributed by atoms with Gasteiger partial charge in [-0.3, -0.25) is 10.1 Å². The lowest BCUT2D eigenvalue weighted by atomic mass is 9.97. The molecule has 31 heavy (non-hydrogen) atoms. The average Bonchev–Trinajstić information content (AvgIpc) is 3.14. The number of ether oxygens (including phenoxy) is 1. The molecule has 4 rings (SSSR count). The summed E-state index contributed by atoms with van der Waals surface area (Å²) in [6, 6.07) is 17.3. The predicted octanol–water partition coefficient (Wildman–Crippen LogP) is 5.40. The van der Waals surface area contributed by atoms with Crippen LogP contribution in [0, 0.1) is 13.8 Å². The number of hydrogen-bond donors (Lipinski definition) is 1. The van der Waals surface area contributed by atoms with E-state index in [0.717, 1.165) is 39.1 Å². The molecule has 4 aromatic rings. The zero-order chi connectivity index (χ0) is 22.0. The molecule has 1 amide bonds. The number of carbonyl (C=O) groups is 2. The van der Waals surface area contributed by atoms with Crippen molar-refractivity contribution in [2.45, 2.75) is 20.8 Å². The number of fused-ring (bicyclic) bond motifs is 1. The van der Waals surface area contributed by atoms with Crippen molar-refractivity contribution in [2.75, 3.05) is 11.9 Å². The standard InChI is InChI=1S/C24H21N3O3S/c1-4-30-23(29)21-15(3)25-24(31-21)27-22(28)19-14(2)20(16-10-6-5-7-11-16)26-18-13-9-8-12-17(18)19/h5-13H,4H2,1-3H3,(H,25,27,28). The van der Waals surface area contributed by atoms with E-state index in [2.05, 4.69) is 10.3 Å². The summed E-state index contributed by atoms with van der Waals surface area (Å²) in [5.41, 5.74) is 4.28. The number of para-hydroxylation sites is 1. The Hall–Kier alpha value is -3.58. The summed E-state index contributed by atoms with van der Waals surface area (Å²) in [5.74, 6) is -0.729. The van der Waals surface area contributed by atoms with Crippen molar-refractivity contribution in [1.29, 1.82) is 0 Å². The quantitative estimate of drug-likeness (QED) is 0.428. The van der Waals surface area contributed by atoms with Crippen LogP contribution in [0.15, 0.2) is 54.6 Å². The van der Waals surface area contributed by atoms with E-state index in [9.17, 15) is 9.59 Å². The first-order chi connectivity index (χ1) is 15.0. The summed E-state index contributed by atoms with van der Waals surface area (Å²) < 4.78 is 5.06. The van der Waals surface area contributed by atoms with Crippen LogP contribution in [0.25, 0.3) is 22.2 Å². The first kappa shape index (κ1) is 20.7. The lowest BCUT2D eigenvalue weighted by Crippen LogP contribution is -2.15. The Balaban J connectivity index is 1.77. The Morgan fingerprint density at radius 1 is 1.00 bits per heavy atom. The number of amides is 1. The second-order valence-electron chi connectivity index (χ2n) is 6.95. The molecular weight excluding hydrogens is 410 g/mol. The monoisotopic (exact) mass is 431 g/mol. The molecule has 1 N–H and O–H groups in total. The molecular formula is C24H21N3O3S. The molecule has 0 spiro atoms. The van der Waals surface area contributed by atoms with E-state index in [-0.39, 0.29) is 12.5 Å². The number of benzene rings is 2. The third-order valence-electron chi connectivity index (χ3n) is 4.89. The first-order valence-electron chi connectivity index (χ1n) is 9.90. The van der Waals surface area contributed by atoms with Gasteiger partial charge in [-0.1, -0.05) is 59.9 Å². The third kappa shape index (κ3) is 4.04. The largest absolute Gasteiger partial charge is 0.462 e. The van der Waals surface area contributed by atoms with Crippen molar-refractivity contribution < 1.29 is 14.3 Å². The summed E-state index contributed by atoms with van der Waals surface area (Å²) in [6.07, 6.45) is 0. The number of nitrogens with zero attached hydrogens (tertiary/aromatic N) is 2. The molecule has 0 saturated heterocycles. The van der Waals surface area contributed by atoms with Gasteiger partial charge in [-0.05, 0) is 32.4 Å². The summed E-state index contributed by atoms with van der Waals surface area (Å²) >= 11 is 1.11. The van der Waals surface area contributed by atoms with Crippen molar-refractivity contribution in [2.24, 2.45) is 0 Å². The van der Waals surface area contributed by atoms with Crippen LogP contribution in [-0.2, 0) is 4.74 Å². The maximum Gasteiger partial charge on any atom is 0.350 e. The number of esters is 1. The molecule has 0 aliphatic heterocycles. The molecule has 7 heteroatoms. The SMILES string of the molecule is CCOC(=O)c1sc(NC(=O)c2c(C)c(-c3ccccc3)nc3ccccc23)nc1C. The molecule has 2 aromatic carbocycles. The van der Waals surface area contributed by atoms with Crippen LogP contribution < -0.4 is 5.32 Å². The molecule has 6 nitrogen and oxygen atoms in total. The minimum absolute atomic E-state index is 0.280. The molecule has 0 aliphatic carbocycles. The van der Waals surface area contributed by atoms with Gasteiger partial charge in [0, 0.05) is 10.9 Å². The number of rotatable bonds is 5. The molecule has 0 radical (unpaired) electrons. The Morgan fingerprint density at radius 2 is 1.71 bits per heavy atom.